The van der Waals surface area contributed by atoms with Crippen LogP contribution in [-0.2, 0) is 4.79 Å². The fourth-order valence-electron chi connectivity index (χ4n) is 3.90. The van der Waals surface area contributed by atoms with E-state index in [1.54, 1.807) is 11.1 Å². The van der Waals surface area contributed by atoms with Gasteiger partial charge in [0.25, 0.3) is 0 Å². The number of rotatable bonds is 2. The van der Waals surface area contributed by atoms with Crippen LogP contribution in [0, 0.1) is 0 Å². The number of fused-ring (bicyclic) bond motifs is 3. The maximum absolute atomic E-state index is 12.9. The predicted molar refractivity (Wildman–Crippen MR) is 84.0 cm³/mol. The second-order valence-electron chi connectivity index (χ2n) is 6.60. The number of pyridine rings is 1. The van der Waals surface area contributed by atoms with Crippen molar-refractivity contribution in [2.24, 2.45) is 0 Å². The lowest BCUT2D eigenvalue weighted by Crippen LogP contribution is -2.57. The Kier molecular flexibility index (Phi) is 3.31. The fraction of sp³-hybridized carbons (Fsp3) is 0.625. The van der Waals surface area contributed by atoms with E-state index >= 15 is 0 Å². The second-order valence-corrected chi connectivity index (χ2v) is 6.60. The summed E-state index contributed by atoms with van der Waals surface area (Å²) in [5.74, 6) is 1.01. The van der Waals surface area contributed by atoms with Crippen LogP contribution in [0.4, 0.5) is 11.5 Å². The number of aliphatic hydroxyl groups is 1. The number of hydrogen-bond acceptors (Lipinski definition) is 5. The molecule has 4 heterocycles. The number of nitrogens with one attached hydrogen (secondary N) is 1. The van der Waals surface area contributed by atoms with E-state index in [-0.39, 0.29) is 11.9 Å². The van der Waals surface area contributed by atoms with Gasteiger partial charge in [-0.1, -0.05) is 0 Å². The Morgan fingerprint density at radius 2 is 2.23 bits per heavy atom. The van der Waals surface area contributed by atoms with Gasteiger partial charge in [0.05, 0.1) is 17.8 Å². The standard InChI is InChI=1S/C16H22N4O2/c21-15-13-4-2-10-19(13)14-12(3-1-7-18-14)20(15)11-16(22)5-8-17-9-6-16/h1,3,7,13,17,22H,2,4-6,8-11H2/t13-/m0/s1. The van der Waals surface area contributed by atoms with Gasteiger partial charge in [0, 0.05) is 12.7 Å². The molecule has 2 fully saturated rings. The van der Waals surface area contributed by atoms with Crippen molar-refractivity contribution in [1.29, 1.82) is 0 Å². The van der Waals surface area contributed by atoms with Gasteiger partial charge in [-0.3, -0.25) is 4.79 Å². The van der Waals surface area contributed by atoms with Crippen LogP contribution in [0.2, 0.25) is 0 Å². The molecule has 6 nitrogen and oxygen atoms in total. The molecular weight excluding hydrogens is 280 g/mol. The summed E-state index contributed by atoms with van der Waals surface area (Å²) in [4.78, 5) is 21.3. The minimum Gasteiger partial charge on any atom is -0.388 e. The van der Waals surface area contributed by atoms with Gasteiger partial charge in [-0.2, -0.15) is 0 Å². The smallest absolute Gasteiger partial charge is 0.249 e. The number of β-amino-alcohol motifs (C(OH)–C–C–N with tert-alkyl or cyclic N) is 1. The van der Waals surface area contributed by atoms with Crippen LogP contribution in [0.3, 0.4) is 0 Å². The van der Waals surface area contributed by atoms with Crippen LogP contribution in [-0.4, -0.2) is 53.8 Å². The molecule has 3 aliphatic heterocycles. The van der Waals surface area contributed by atoms with Crippen LogP contribution in [0.5, 0.6) is 0 Å². The van der Waals surface area contributed by atoms with Gasteiger partial charge >= 0.3 is 0 Å². The Morgan fingerprint density at radius 3 is 3.05 bits per heavy atom. The third-order valence-electron chi connectivity index (χ3n) is 5.12. The molecule has 0 bridgehead atoms. The molecule has 0 aromatic carbocycles. The first-order chi connectivity index (χ1) is 10.7. The van der Waals surface area contributed by atoms with Gasteiger partial charge < -0.3 is 20.2 Å². The summed E-state index contributed by atoms with van der Waals surface area (Å²) in [5.41, 5.74) is 0.0482. The summed E-state index contributed by atoms with van der Waals surface area (Å²) in [6, 6.07) is 3.70. The Hall–Kier alpha value is -1.66. The highest BCUT2D eigenvalue weighted by atomic mass is 16.3. The second kappa shape index (κ2) is 5.21. The van der Waals surface area contributed by atoms with Crippen molar-refractivity contribution >= 4 is 17.4 Å². The highest BCUT2D eigenvalue weighted by molar-refractivity contribution is 6.05. The Morgan fingerprint density at radius 1 is 1.41 bits per heavy atom. The average Bonchev–Trinajstić information content (AvgIpc) is 3.02. The number of aromatic nitrogens is 1. The highest BCUT2D eigenvalue weighted by Crippen LogP contribution is 2.39. The molecular formula is C16H22N4O2. The van der Waals surface area contributed by atoms with Crippen molar-refractivity contribution in [3.8, 4) is 0 Å². The average molecular weight is 302 g/mol. The lowest BCUT2D eigenvalue weighted by Gasteiger charge is -2.43. The van der Waals surface area contributed by atoms with Gasteiger partial charge in [0.1, 0.15) is 6.04 Å². The number of nitrogens with zero attached hydrogens (tertiary/aromatic N) is 3. The van der Waals surface area contributed by atoms with E-state index in [0.29, 0.717) is 19.4 Å². The first kappa shape index (κ1) is 14.0. The molecule has 1 atom stereocenters. The molecule has 0 saturated carbocycles. The van der Waals surface area contributed by atoms with Crippen molar-refractivity contribution < 1.29 is 9.90 Å². The summed E-state index contributed by atoms with van der Waals surface area (Å²) in [5, 5.41) is 14.1. The summed E-state index contributed by atoms with van der Waals surface area (Å²) in [7, 11) is 0. The van der Waals surface area contributed by atoms with Crippen LogP contribution in [0.1, 0.15) is 25.7 Å². The third-order valence-corrected chi connectivity index (χ3v) is 5.12. The van der Waals surface area contributed by atoms with E-state index in [1.165, 1.54) is 0 Å². The molecule has 1 aromatic heterocycles. The molecule has 6 heteroatoms. The summed E-state index contributed by atoms with van der Waals surface area (Å²) < 4.78 is 0. The summed E-state index contributed by atoms with van der Waals surface area (Å²) >= 11 is 0. The number of carbonyl (C=O) groups is 1. The molecule has 1 amide bonds. The van der Waals surface area contributed by atoms with Gasteiger partial charge in [-0.05, 0) is 50.9 Å². The van der Waals surface area contributed by atoms with E-state index in [2.05, 4.69) is 15.2 Å². The van der Waals surface area contributed by atoms with E-state index in [0.717, 1.165) is 44.0 Å². The monoisotopic (exact) mass is 302 g/mol. The largest absolute Gasteiger partial charge is 0.388 e. The number of amides is 1. The number of anilines is 2. The molecule has 0 spiro atoms. The lowest BCUT2D eigenvalue weighted by atomic mass is 9.91. The molecule has 3 aliphatic rings. The molecule has 1 aromatic rings. The van der Waals surface area contributed by atoms with E-state index in [9.17, 15) is 9.90 Å². The summed E-state index contributed by atoms with van der Waals surface area (Å²) in [6.45, 7) is 2.86. The minimum atomic E-state index is -0.797. The normalized spacial score (nSPS) is 26.8. The van der Waals surface area contributed by atoms with Crippen molar-refractivity contribution in [2.45, 2.75) is 37.3 Å². The highest BCUT2D eigenvalue weighted by Gasteiger charge is 2.44. The zero-order valence-corrected chi connectivity index (χ0v) is 12.7. The van der Waals surface area contributed by atoms with Gasteiger partial charge in [-0.15, -0.1) is 0 Å². The first-order valence-electron chi connectivity index (χ1n) is 8.14. The Labute approximate surface area is 130 Å². The van der Waals surface area contributed by atoms with Crippen LogP contribution in [0.15, 0.2) is 18.3 Å². The van der Waals surface area contributed by atoms with Crippen molar-refractivity contribution in [1.82, 2.24) is 10.3 Å². The van der Waals surface area contributed by atoms with Crippen LogP contribution >= 0.6 is 0 Å². The van der Waals surface area contributed by atoms with E-state index in [1.807, 2.05) is 12.1 Å². The summed E-state index contributed by atoms with van der Waals surface area (Å²) in [6.07, 6.45) is 5.04. The van der Waals surface area contributed by atoms with Crippen LogP contribution < -0.4 is 15.1 Å². The fourth-order valence-corrected chi connectivity index (χ4v) is 3.90. The predicted octanol–water partition coefficient (Wildman–Crippen LogP) is 0.512. The van der Waals surface area contributed by atoms with Gasteiger partial charge in [-0.25, -0.2) is 4.98 Å². The minimum absolute atomic E-state index is 0.104. The zero-order chi connectivity index (χ0) is 15.2. The number of hydrogen-bond donors (Lipinski definition) is 2. The Bertz CT molecular complexity index is 585. The number of carbonyl (C=O) groups excluding carboxylic acids is 1. The number of piperidine rings is 1. The lowest BCUT2D eigenvalue weighted by molar-refractivity contribution is -0.121. The quantitative estimate of drug-likeness (QED) is 0.833. The Balaban J connectivity index is 1.69. The zero-order valence-electron chi connectivity index (χ0n) is 12.7. The molecule has 2 saturated heterocycles. The molecule has 0 radical (unpaired) electrons. The maximum atomic E-state index is 12.9. The van der Waals surface area contributed by atoms with E-state index in [4.69, 9.17) is 0 Å². The SMILES string of the molecule is O=C1[C@@H]2CCCN2c2ncccc2N1CC1(O)CCNCC1. The molecule has 22 heavy (non-hydrogen) atoms. The molecule has 2 N–H and O–H groups in total. The maximum Gasteiger partial charge on any atom is 0.249 e. The van der Waals surface area contributed by atoms with Gasteiger partial charge in [0.2, 0.25) is 5.91 Å². The molecule has 0 unspecified atom stereocenters. The van der Waals surface area contributed by atoms with Crippen molar-refractivity contribution in [3.63, 3.8) is 0 Å². The third kappa shape index (κ3) is 2.18. The van der Waals surface area contributed by atoms with Crippen molar-refractivity contribution in [3.05, 3.63) is 18.3 Å². The molecule has 118 valence electrons. The topological polar surface area (TPSA) is 68.7 Å². The molecule has 0 aliphatic carbocycles. The van der Waals surface area contributed by atoms with Gasteiger partial charge in [0.15, 0.2) is 5.82 Å². The molecule has 4 rings (SSSR count). The van der Waals surface area contributed by atoms with E-state index < -0.39 is 5.60 Å². The van der Waals surface area contributed by atoms with Crippen LogP contribution in [0.25, 0.3) is 0 Å². The van der Waals surface area contributed by atoms with Crippen molar-refractivity contribution in [2.75, 3.05) is 36.0 Å². The first-order valence-corrected chi connectivity index (χ1v) is 8.14.